The quantitative estimate of drug-likeness (QED) is 0.525. The molecule has 0 bridgehead atoms. The van der Waals surface area contributed by atoms with Crippen LogP contribution in [0.15, 0.2) is 47.4 Å². The molecule has 0 saturated heterocycles. The number of aliphatic hydroxyl groups excluding tert-OH is 1. The smallest absolute Gasteiger partial charge is 0.341 e. The Morgan fingerprint density at radius 2 is 2.03 bits per heavy atom. The second kappa shape index (κ2) is 10.0. The first kappa shape index (κ1) is 22.9. The Morgan fingerprint density at radius 1 is 1.26 bits per heavy atom. The topological polar surface area (TPSA) is 82.8 Å². The summed E-state index contributed by atoms with van der Waals surface area (Å²) in [5.74, 6) is -1.72. The van der Waals surface area contributed by atoms with E-state index in [1.165, 1.54) is 12.3 Å². The highest BCUT2D eigenvalue weighted by atomic mass is 35.5. The normalized spacial score (nSPS) is 11.4. The predicted molar refractivity (Wildman–Crippen MR) is 118 cm³/mol. The van der Waals surface area contributed by atoms with E-state index in [1.54, 1.807) is 28.8 Å². The number of pyridine rings is 1. The minimum atomic E-state index is -1.30. The molecule has 3 aromatic rings. The van der Waals surface area contributed by atoms with Gasteiger partial charge in [-0.25, -0.2) is 9.18 Å². The number of fused-ring (bicyclic) bond motifs is 1. The van der Waals surface area contributed by atoms with E-state index >= 15 is 0 Å². The van der Waals surface area contributed by atoms with Gasteiger partial charge in [0, 0.05) is 36.8 Å². The molecule has 0 amide bonds. The molecule has 0 aliphatic carbocycles. The highest BCUT2D eigenvalue weighted by molar-refractivity contribution is 6.30. The zero-order valence-electron chi connectivity index (χ0n) is 17.1. The van der Waals surface area contributed by atoms with E-state index in [0.29, 0.717) is 42.5 Å². The number of rotatable bonds is 9. The van der Waals surface area contributed by atoms with E-state index in [0.717, 1.165) is 5.56 Å². The maximum Gasteiger partial charge on any atom is 0.341 e. The van der Waals surface area contributed by atoms with E-state index in [1.807, 2.05) is 13.0 Å². The van der Waals surface area contributed by atoms with Gasteiger partial charge in [0.25, 0.3) is 0 Å². The maximum atomic E-state index is 14.2. The van der Waals surface area contributed by atoms with Gasteiger partial charge in [0.1, 0.15) is 11.4 Å². The molecular formula is C23H24ClFN2O4. The third-order valence-electron chi connectivity index (χ3n) is 5.31. The first-order valence-corrected chi connectivity index (χ1v) is 10.4. The minimum absolute atomic E-state index is 0.0940. The van der Waals surface area contributed by atoms with Gasteiger partial charge in [-0.2, -0.15) is 0 Å². The van der Waals surface area contributed by atoms with Crippen molar-refractivity contribution in [2.45, 2.75) is 26.4 Å². The predicted octanol–water partition coefficient (Wildman–Crippen LogP) is 3.55. The first-order chi connectivity index (χ1) is 14.8. The summed E-state index contributed by atoms with van der Waals surface area (Å²) in [7, 11) is 0. The third-order valence-corrected chi connectivity index (χ3v) is 5.60. The lowest BCUT2D eigenvalue weighted by Crippen LogP contribution is -2.26. The van der Waals surface area contributed by atoms with Gasteiger partial charge >= 0.3 is 5.97 Å². The minimum Gasteiger partial charge on any atom is -0.477 e. The lowest BCUT2D eigenvalue weighted by molar-refractivity contribution is 0.0694. The average molecular weight is 447 g/mol. The summed E-state index contributed by atoms with van der Waals surface area (Å²) >= 11 is 5.87. The third kappa shape index (κ3) is 5.12. The fourth-order valence-corrected chi connectivity index (χ4v) is 3.79. The van der Waals surface area contributed by atoms with E-state index in [9.17, 15) is 24.2 Å². The van der Waals surface area contributed by atoms with Crippen LogP contribution < -0.4 is 5.43 Å². The molecule has 8 heteroatoms. The highest BCUT2D eigenvalue weighted by Gasteiger charge is 2.15. The zero-order chi connectivity index (χ0) is 22.5. The second-order valence-corrected chi connectivity index (χ2v) is 7.68. The molecule has 2 aromatic carbocycles. The van der Waals surface area contributed by atoms with Crippen molar-refractivity contribution in [2.24, 2.45) is 0 Å². The van der Waals surface area contributed by atoms with E-state index in [4.69, 9.17) is 11.6 Å². The number of carboxylic acid groups (broad SMARTS) is 1. The molecule has 0 spiro atoms. The standard InChI is InChI=1S/C23H24ClFN2O4/c1-2-26(13-16-4-3-5-19(24)21(16)25)9-8-15-6-7-20-17(12-15)22(29)18(23(30)31)14-27(20)10-11-28/h3-7,12,14,28H,2,8-11,13H2,1H3,(H,30,31). The molecule has 164 valence electrons. The fourth-order valence-electron chi connectivity index (χ4n) is 3.59. The van der Waals surface area contributed by atoms with E-state index in [-0.39, 0.29) is 23.7 Å². The monoisotopic (exact) mass is 446 g/mol. The molecule has 31 heavy (non-hydrogen) atoms. The van der Waals surface area contributed by atoms with Crippen LogP contribution in [0.4, 0.5) is 4.39 Å². The Labute approximate surface area is 184 Å². The zero-order valence-corrected chi connectivity index (χ0v) is 17.9. The van der Waals surface area contributed by atoms with Crippen LogP contribution >= 0.6 is 11.6 Å². The molecule has 2 N–H and O–H groups in total. The summed E-state index contributed by atoms with van der Waals surface area (Å²) in [6.45, 7) is 3.72. The van der Waals surface area contributed by atoms with Crippen molar-refractivity contribution in [1.82, 2.24) is 9.47 Å². The molecule has 1 aromatic heterocycles. The summed E-state index contributed by atoms with van der Waals surface area (Å²) in [6.07, 6.45) is 1.87. The number of benzene rings is 2. The summed E-state index contributed by atoms with van der Waals surface area (Å²) in [5.41, 5.74) is 1.08. The van der Waals surface area contributed by atoms with Crippen molar-refractivity contribution in [1.29, 1.82) is 0 Å². The fraction of sp³-hybridized carbons (Fsp3) is 0.304. The van der Waals surface area contributed by atoms with Crippen molar-refractivity contribution >= 4 is 28.5 Å². The lowest BCUT2D eigenvalue weighted by Gasteiger charge is -2.21. The van der Waals surface area contributed by atoms with Crippen LogP contribution in [-0.2, 0) is 19.5 Å². The largest absolute Gasteiger partial charge is 0.477 e. The van der Waals surface area contributed by atoms with E-state index < -0.39 is 17.2 Å². The van der Waals surface area contributed by atoms with Crippen molar-refractivity contribution in [3.05, 3.63) is 80.3 Å². The van der Waals surface area contributed by atoms with Gasteiger partial charge in [-0.15, -0.1) is 0 Å². The van der Waals surface area contributed by atoms with Gasteiger partial charge < -0.3 is 14.8 Å². The number of nitrogens with zero attached hydrogens (tertiary/aromatic N) is 2. The Kier molecular flexibility index (Phi) is 7.43. The number of carbonyl (C=O) groups is 1. The number of likely N-dealkylation sites (N-methyl/N-ethyl adjacent to an activating group) is 1. The SMILES string of the molecule is CCN(CCc1ccc2c(c1)c(=O)c(C(=O)O)cn2CCO)Cc1cccc(Cl)c1F. The van der Waals surface area contributed by atoms with Crippen LogP contribution in [0.3, 0.4) is 0 Å². The first-order valence-electron chi connectivity index (χ1n) is 10.0. The molecule has 0 fully saturated rings. The Balaban J connectivity index is 1.85. The number of carboxylic acids is 1. The Hall–Kier alpha value is -2.74. The molecule has 0 unspecified atom stereocenters. The summed E-state index contributed by atoms with van der Waals surface area (Å²) < 4.78 is 15.8. The van der Waals surface area contributed by atoms with Crippen molar-refractivity contribution in [3.8, 4) is 0 Å². The van der Waals surface area contributed by atoms with Gasteiger partial charge in [-0.3, -0.25) is 9.69 Å². The molecular weight excluding hydrogens is 423 g/mol. The number of hydrogen-bond acceptors (Lipinski definition) is 4. The van der Waals surface area contributed by atoms with Crippen LogP contribution in [0, 0.1) is 5.82 Å². The molecule has 0 aliphatic heterocycles. The average Bonchev–Trinajstić information content (AvgIpc) is 2.75. The number of aromatic carboxylic acids is 1. The van der Waals surface area contributed by atoms with Gasteiger partial charge in [0.2, 0.25) is 5.43 Å². The van der Waals surface area contributed by atoms with Crippen molar-refractivity contribution < 1.29 is 19.4 Å². The second-order valence-electron chi connectivity index (χ2n) is 7.28. The van der Waals surface area contributed by atoms with Crippen LogP contribution in [-0.4, -0.2) is 45.3 Å². The molecule has 6 nitrogen and oxygen atoms in total. The number of halogens is 2. The number of aliphatic hydroxyl groups is 1. The number of aromatic nitrogens is 1. The molecule has 0 radical (unpaired) electrons. The summed E-state index contributed by atoms with van der Waals surface area (Å²) in [4.78, 5) is 26.2. The van der Waals surface area contributed by atoms with E-state index in [2.05, 4.69) is 4.90 Å². The molecule has 1 heterocycles. The Bertz CT molecular complexity index is 1160. The summed E-state index contributed by atoms with van der Waals surface area (Å²) in [6, 6.07) is 10.3. The van der Waals surface area contributed by atoms with Crippen molar-refractivity contribution in [3.63, 3.8) is 0 Å². The molecule has 3 rings (SSSR count). The van der Waals surface area contributed by atoms with Gasteiger partial charge in [-0.05, 0) is 36.7 Å². The molecule has 0 aliphatic rings. The van der Waals surface area contributed by atoms with Gasteiger partial charge in [0.15, 0.2) is 0 Å². The van der Waals surface area contributed by atoms with Gasteiger partial charge in [-0.1, -0.05) is 36.7 Å². The van der Waals surface area contributed by atoms with Crippen LogP contribution in [0.5, 0.6) is 0 Å². The number of hydrogen-bond donors (Lipinski definition) is 2. The van der Waals surface area contributed by atoms with Crippen LogP contribution in [0.1, 0.15) is 28.4 Å². The van der Waals surface area contributed by atoms with Gasteiger partial charge in [0.05, 0.1) is 17.1 Å². The van der Waals surface area contributed by atoms with Crippen molar-refractivity contribution in [2.75, 3.05) is 19.7 Å². The lowest BCUT2D eigenvalue weighted by atomic mass is 10.1. The highest BCUT2D eigenvalue weighted by Crippen LogP contribution is 2.20. The Morgan fingerprint density at radius 3 is 2.71 bits per heavy atom. The summed E-state index contributed by atoms with van der Waals surface area (Å²) in [5, 5.41) is 19.0. The molecule has 0 saturated carbocycles. The van der Waals surface area contributed by atoms with Crippen LogP contribution in [0.25, 0.3) is 10.9 Å². The molecule has 0 atom stereocenters. The van der Waals surface area contributed by atoms with Crippen LogP contribution in [0.2, 0.25) is 5.02 Å². The maximum absolute atomic E-state index is 14.2.